The van der Waals surface area contributed by atoms with E-state index < -0.39 is 12.4 Å². The molecule has 1 aliphatic rings. The molecule has 1 aromatic carbocycles. The molecule has 98 valence electrons. The minimum Gasteiger partial charge on any atom is -0.445 e. The molecule has 0 N–H and O–H groups in total. The van der Waals surface area contributed by atoms with Gasteiger partial charge in [-0.15, -0.1) is 5.46 Å². The summed E-state index contributed by atoms with van der Waals surface area (Å²) in [6.07, 6.45) is 0. The van der Waals surface area contributed by atoms with Gasteiger partial charge in [0.2, 0.25) is 0 Å². The van der Waals surface area contributed by atoms with Crippen molar-refractivity contribution in [1.82, 2.24) is 4.90 Å². The maximum Gasteiger partial charge on any atom is 1.00 e. The third-order valence-electron chi connectivity index (χ3n) is 2.81. The van der Waals surface area contributed by atoms with Crippen LogP contribution in [0, 0.1) is 0 Å². The van der Waals surface area contributed by atoms with Gasteiger partial charge in [-0.2, -0.15) is 0 Å². The summed E-state index contributed by atoms with van der Waals surface area (Å²) in [5, 5.41) is 0. The molecule has 1 saturated heterocycles. The van der Waals surface area contributed by atoms with Crippen molar-refractivity contribution in [3.8, 4) is 0 Å². The molecule has 2 rings (SSSR count). The largest absolute Gasteiger partial charge is 1.00 e. The molecule has 0 bridgehead atoms. The summed E-state index contributed by atoms with van der Waals surface area (Å²) < 4.78 is 42.9. The smallest absolute Gasteiger partial charge is 0.445 e. The third kappa shape index (κ3) is 4.58. The molecule has 0 saturated carbocycles. The average molecular weight is 297 g/mol. The Morgan fingerprint density at radius 1 is 1.21 bits per heavy atom. The minimum absolute atomic E-state index is 0. The van der Waals surface area contributed by atoms with Crippen molar-refractivity contribution in [2.45, 2.75) is 0 Å². The molecular weight excluding hydrogens is 285 g/mol. The number of morpholine rings is 1. The van der Waals surface area contributed by atoms with Gasteiger partial charge in [-0.05, 0) is 6.07 Å². The molecule has 1 fully saturated rings. The number of benzene rings is 1. The molecule has 0 unspecified atom stereocenters. The van der Waals surface area contributed by atoms with Crippen LogP contribution in [0.2, 0.25) is 0 Å². The summed E-state index contributed by atoms with van der Waals surface area (Å²) in [7, 11) is 0. The van der Waals surface area contributed by atoms with Crippen molar-refractivity contribution >= 4 is 18.3 Å². The van der Waals surface area contributed by atoms with Gasteiger partial charge in [-0.1, -0.05) is 18.2 Å². The fourth-order valence-electron chi connectivity index (χ4n) is 1.82. The molecule has 0 radical (unpaired) electrons. The van der Waals surface area contributed by atoms with Crippen LogP contribution in [0.3, 0.4) is 0 Å². The molecule has 1 heterocycles. The summed E-state index contributed by atoms with van der Waals surface area (Å²) in [4.78, 5) is 13.5. The van der Waals surface area contributed by atoms with Gasteiger partial charge in [0.05, 0.1) is 13.2 Å². The first kappa shape index (κ1) is 17.2. The van der Waals surface area contributed by atoms with Gasteiger partial charge in [0.25, 0.3) is 5.91 Å². The Labute approximate surface area is 152 Å². The Balaban J connectivity index is 0.00000180. The van der Waals surface area contributed by atoms with Crippen LogP contribution in [-0.4, -0.2) is 44.1 Å². The number of halogens is 3. The Morgan fingerprint density at radius 3 is 2.42 bits per heavy atom. The van der Waals surface area contributed by atoms with Crippen molar-refractivity contribution in [3.05, 3.63) is 29.8 Å². The van der Waals surface area contributed by atoms with E-state index in [0.717, 1.165) is 12.1 Å². The number of hydrogen-bond donors (Lipinski definition) is 0. The van der Waals surface area contributed by atoms with E-state index in [0.29, 0.717) is 26.3 Å². The van der Waals surface area contributed by atoms with Crippen LogP contribution in [0.4, 0.5) is 12.9 Å². The van der Waals surface area contributed by atoms with Gasteiger partial charge in [0, 0.05) is 18.7 Å². The van der Waals surface area contributed by atoms with Crippen molar-refractivity contribution < 1.29 is 73.9 Å². The van der Waals surface area contributed by atoms with Crippen LogP contribution < -0.4 is 56.8 Å². The van der Waals surface area contributed by atoms with Crippen LogP contribution in [0.25, 0.3) is 0 Å². The Hall–Kier alpha value is 0.141. The molecule has 0 aliphatic carbocycles. The molecule has 0 atom stereocenters. The summed E-state index contributed by atoms with van der Waals surface area (Å²) in [6, 6.07) is 4.56. The SMILES string of the molecule is O=C(c1cccc([B-](F)(F)F)c1)N1CCOCC1.[K+]. The third-order valence-corrected chi connectivity index (χ3v) is 2.81. The van der Waals surface area contributed by atoms with E-state index in [9.17, 15) is 17.7 Å². The van der Waals surface area contributed by atoms with E-state index in [4.69, 9.17) is 4.74 Å². The molecule has 8 heteroatoms. The fraction of sp³-hybridized carbons (Fsp3) is 0.364. The van der Waals surface area contributed by atoms with Crippen LogP contribution in [0.5, 0.6) is 0 Å². The van der Waals surface area contributed by atoms with E-state index in [-0.39, 0.29) is 62.9 Å². The zero-order chi connectivity index (χ0) is 13.2. The second-order valence-corrected chi connectivity index (χ2v) is 4.10. The predicted molar refractivity (Wildman–Crippen MR) is 61.9 cm³/mol. The van der Waals surface area contributed by atoms with E-state index >= 15 is 0 Å². The van der Waals surface area contributed by atoms with Crippen molar-refractivity contribution in [2.75, 3.05) is 26.3 Å². The van der Waals surface area contributed by atoms with Gasteiger partial charge >= 0.3 is 58.4 Å². The van der Waals surface area contributed by atoms with Crippen molar-refractivity contribution in [3.63, 3.8) is 0 Å². The maximum atomic E-state index is 12.6. The second kappa shape index (κ2) is 7.24. The summed E-state index contributed by atoms with van der Waals surface area (Å²) in [5.41, 5.74) is -0.664. The Bertz CT molecular complexity index is 450. The number of carbonyl (C=O) groups excluding carboxylic acids is 1. The topological polar surface area (TPSA) is 29.5 Å². The van der Waals surface area contributed by atoms with E-state index in [1.165, 1.54) is 17.0 Å². The first-order valence-corrected chi connectivity index (χ1v) is 5.65. The van der Waals surface area contributed by atoms with Crippen LogP contribution in [0.1, 0.15) is 10.4 Å². The summed E-state index contributed by atoms with van der Waals surface area (Å²) in [6.45, 7) is -3.39. The van der Waals surface area contributed by atoms with Gasteiger partial charge in [-0.25, -0.2) is 0 Å². The summed E-state index contributed by atoms with van der Waals surface area (Å²) >= 11 is 0. The van der Waals surface area contributed by atoms with Gasteiger partial charge in [-0.3, -0.25) is 4.79 Å². The maximum absolute atomic E-state index is 12.6. The number of hydrogen-bond acceptors (Lipinski definition) is 2. The second-order valence-electron chi connectivity index (χ2n) is 4.10. The molecule has 1 aliphatic heterocycles. The van der Waals surface area contributed by atoms with E-state index in [1.54, 1.807) is 0 Å². The molecule has 1 aromatic rings. The van der Waals surface area contributed by atoms with Crippen molar-refractivity contribution in [1.29, 1.82) is 0 Å². The quantitative estimate of drug-likeness (QED) is 0.604. The number of carbonyl (C=O) groups is 1. The molecule has 3 nitrogen and oxygen atoms in total. The van der Waals surface area contributed by atoms with E-state index in [1.807, 2.05) is 0 Å². The number of amides is 1. The first-order chi connectivity index (χ1) is 8.48. The Morgan fingerprint density at radius 2 is 1.84 bits per heavy atom. The van der Waals surface area contributed by atoms with Gasteiger partial charge in [0.1, 0.15) is 0 Å². The van der Waals surface area contributed by atoms with Gasteiger partial charge in [0.15, 0.2) is 0 Å². The van der Waals surface area contributed by atoms with Crippen LogP contribution >= 0.6 is 0 Å². The van der Waals surface area contributed by atoms with Crippen LogP contribution in [0.15, 0.2) is 24.3 Å². The first-order valence-electron chi connectivity index (χ1n) is 5.65. The molecule has 0 aromatic heterocycles. The van der Waals surface area contributed by atoms with E-state index in [2.05, 4.69) is 0 Å². The standard InChI is InChI=1S/C11H12BF3NO2.K/c13-12(14,15)10-3-1-2-9(8-10)11(17)16-4-6-18-7-5-16;/h1-3,8H,4-7H2;/q-1;+1. The molecule has 1 amide bonds. The Kier molecular flexibility index (Phi) is 6.55. The zero-order valence-corrected chi connectivity index (χ0v) is 13.7. The fourth-order valence-corrected chi connectivity index (χ4v) is 1.82. The normalized spacial score (nSPS) is 15.8. The van der Waals surface area contributed by atoms with Crippen molar-refractivity contribution in [2.24, 2.45) is 0 Å². The minimum atomic E-state index is -5.07. The van der Waals surface area contributed by atoms with Gasteiger partial charge < -0.3 is 22.6 Å². The predicted octanol–water partition coefficient (Wildman–Crippen LogP) is -1.78. The van der Waals surface area contributed by atoms with Crippen LogP contribution in [-0.2, 0) is 4.74 Å². The summed E-state index contributed by atoms with van der Waals surface area (Å²) in [5.74, 6) is -0.375. The molecule has 0 spiro atoms. The zero-order valence-electron chi connectivity index (χ0n) is 10.6. The number of nitrogens with zero attached hydrogens (tertiary/aromatic N) is 1. The molecular formula is C11H12BF3KNO2. The molecule has 19 heavy (non-hydrogen) atoms. The number of rotatable bonds is 2. The monoisotopic (exact) mass is 297 g/mol. The number of ether oxygens (including phenoxy) is 1. The average Bonchev–Trinajstić information content (AvgIpc) is 2.38.